The van der Waals surface area contributed by atoms with E-state index in [9.17, 15) is 33.9 Å². The topological polar surface area (TPSA) is 202 Å². The minimum Gasteiger partial charge on any atom is -0.480 e. The van der Waals surface area contributed by atoms with E-state index >= 15 is 0 Å². The molecule has 0 fully saturated rings. The van der Waals surface area contributed by atoms with Crippen LogP contribution < -0.4 is 16.0 Å². The fraction of sp³-hybridized carbons (Fsp3) is 0.745. The van der Waals surface area contributed by atoms with Crippen LogP contribution in [-0.2, 0) is 28.8 Å². The Morgan fingerprint density at radius 1 is 0.456 bits per heavy atom. The van der Waals surface area contributed by atoms with E-state index in [1.54, 1.807) is 0 Å². The fourth-order valence-electron chi connectivity index (χ4n) is 7.49. The summed E-state index contributed by atoms with van der Waals surface area (Å²) < 4.78 is 0. The zero-order valence-electron chi connectivity index (χ0n) is 42.1. The number of nitrogens with one attached hydrogen (secondary N) is 3. The number of carboxylic acid groups (broad SMARTS) is 3. The van der Waals surface area contributed by atoms with Crippen molar-refractivity contribution in [3.8, 4) is 47.4 Å². The second kappa shape index (κ2) is 47.1. The van der Waals surface area contributed by atoms with Crippen LogP contribution >= 0.6 is 0 Å². The highest BCUT2D eigenvalue weighted by atomic mass is 16.4. The number of hydrogen-bond donors (Lipinski definition) is 6. The van der Waals surface area contributed by atoms with Gasteiger partial charge in [-0.2, -0.15) is 0 Å². The second-order valence-corrected chi connectivity index (χ2v) is 17.7. The van der Waals surface area contributed by atoms with Crippen LogP contribution in [0.15, 0.2) is 0 Å². The van der Waals surface area contributed by atoms with Gasteiger partial charge in [0.15, 0.2) is 0 Å². The van der Waals surface area contributed by atoms with E-state index in [2.05, 4.69) is 77.2 Å². The number of unbranched alkanes of at least 4 members (excludes halogenated alkanes) is 25. The normalized spacial score (nSPS) is 11.3. The van der Waals surface area contributed by atoms with Crippen molar-refractivity contribution in [1.82, 2.24) is 20.9 Å². The maximum absolute atomic E-state index is 13.3. The Hall–Kier alpha value is -4.98. The van der Waals surface area contributed by atoms with E-state index in [-0.39, 0.29) is 50.6 Å². The fourth-order valence-corrected chi connectivity index (χ4v) is 7.49. The molecule has 13 heteroatoms. The third-order valence-electron chi connectivity index (χ3n) is 11.5. The molecule has 13 nitrogen and oxygen atoms in total. The summed E-state index contributed by atoms with van der Waals surface area (Å²) in [5.74, 6) is 19.2. The number of hydrogen-bond acceptors (Lipinski definition) is 7. The summed E-state index contributed by atoms with van der Waals surface area (Å²) in [6, 6.07) is -2.37. The van der Waals surface area contributed by atoms with Gasteiger partial charge in [0.05, 0.1) is 13.1 Å². The summed E-state index contributed by atoms with van der Waals surface area (Å²) in [5, 5.41) is 36.3. The van der Waals surface area contributed by atoms with Gasteiger partial charge < -0.3 is 31.3 Å². The first-order valence-electron chi connectivity index (χ1n) is 26.2. The van der Waals surface area contributed by atoms with Gasteiger partial charge in [0, 0.05) is 51.6 Å². The van der Waals surface area contributed by atoms with Crippen molar-refractivity contribution < 1.29 is 44.1 Å². The molecular weight excluding hydrogens is 861 g/mol. The van der Waals surface area contributed by atoms with Gasteiger partial charge in [-0.25, -0.2) is 0 Å². The van der Waals surface area contributed by atoms with Gasteiger partial charge in [-0.15, -0.1) is 0 Å². The number of amides is 3. The molecule has 0 aromatic carbocycles. The Labute approximate surface area is 410 Å². The molecule has 68 heavy (non-hydrogen) atoms. The van der Waals surface area contributed by atoms with E-state index in [1.807, 2.05) is 0 Å². The summed E-state index contributed by atoms with van der Waals surface area (Å²) >= 11 is 0. The molecule has 1 unspecified atom stereocenters. The van der Waals surface area contributed by atoms with Crippen LogP contribution in [0.4, 0.5) is 0 Å². The number of carbonyl (C=O) groups excluding carboxylic acids is 3. The summed E-state index contributed by atoms with van der Waals surface area (Å²) in [6.07, 6.45) is 31.4. The van der Waals surface area contributed by atoms with Crippen molar-refractivity contribution in [2.24, 2.45) is 0 Å². The molecule has 382 valence electrons. The summed E-state index contributed by atoms with van der Waals surface area (Å²) in [7, 11) is 0. The van der Waals surface area contributed by atoms with Gasteiger partial charge in [0.25, 0.3) is 0 Å². The molecule has 2 atom stereocenters. The summed E-state index contributed by atoms with van der Waals surface area (Å²) in [4.78, 5) is 74.2. The Balaban J connectivity index is 4.83. The Morgan fingerprint density at radius 3 is 1.24 bits per heavy atom. The molecule has 0 aromatic heterocycles. The van der Waals surface area contributed by atoms with Crippen LogP contribution in [0.1, 0.15) is 226 Å². The number of carboxylic acids is 3. The first kappa shape index (κ1) is 63.0. The molecule has 0 rings (SSSR count). The van der Waals surface area contributed by atoms with Crippen molar-refractivity contribution in [2.45, 2.75) is 238 Å². The average molecular weight is 949 g/mol. The summed E-state index contributed by atoms with van der Waals surface area (Å²) in [5.41, 5.74) is 0. The largest absolute Gasteiger partial charge is 0.480 e. The van der Waals surface area contributed by atoms with Crippen LogP contribution in [0.25, 0.3) is 0 Å². The van der Waals surface area contributed by atoms with Gasteiger partial charge in [0.1, 0.15) is 12.1 Å². The number of rotatable bonds is 43. The van der Waals surface area contributed by atoms with Crippen molar-refractivity contribution in [3.63, 3.8) is 0 Å². The highest BCUT2D eigenvalue weighted by molar-refractivity contribution is 5.88. The van der Waals surface area contributed by atoms with Crippen LogP contribution in [0.3, 0.4) is 0 Å². The standard InChI is InChI=1S/C55H88N4O9/c1-3-5-7-9-11-13-15-17-19-21-23-25-27-29-31-33-35-37-42-50(60)57-45-48(54(66)56-44-40-39-41-49(55(67)68)59(46-52(62)63)47-53(64)65)58-51(61)43-38-36-34-32-30-28-26-24-22-20-18-16-14-12-10-8-6-4-2/h48-49H,3-20,29-47H2,1-2H3,(H,56,66)(H,57,60)(H,58,61)(H,62,63)(H,64,65)(H,67,68)/t48?,49-/m0/s1. The van der Waals surface area contributed by atoms with Gasteiger partial charge in [0.2, 0.25) is 17.7 Å². The molecule has 0 aliphatic heterocycles. The molecule has 0 aliphatic carbocycles. The minimum atomic E-state index is -1.35. The number of carbonyl (C=O) groups is 6. The van der Waals surface area contributed by atoms with Crippen LogP contribution in [0, 0.1) is 47.4 Å². The lowest BCUT2D eigenvalue weighted by Crippen LogP contribution is -2.52. The van der Waals surface area contributed by atoms with Crippen LogP contribution in [0.5, 0.6) is 0 Å². The molecule has 0 heterocycles. The highest BCUT2D eigenvalue weighted by Gasteiger charge is 2.29. The van der Waals surface area contributed by atoms with Crippen molar-refractivity contribution in [1.29, 1.82) is 0 Å². The molecule has 0 saturated heterocycles. The van der Waals surface area contributed by atoms with Crippen LogP contribution in [-0.4, -0.2) is 94.1 Å². The van der Waals surface area contributed by atoms with Crippen molar-refractivity contribution in [2.75, 3.05) is 26.2 Å². The van der Waals surface area contributed by atoms with E-state index in [0.29, 0.717) is 19.3 Å². The van der Waals surface area contributed by atoms with Gasteiger partial charge in [-0.3, -0.25) is 33.7 Å². The van der Waals surface area contributed by atoms with E-state index in [1.165, 1.54) is 89.9 Å². The zero-order chi connectivity index (χ0) is 50.1. The number of nitrogens with zero attached hydrogens (tertiary/aromatic N) is 1. The third kappa shape index (κ3) is 42.4. The smallest absolute Gasteiger partial charge is 0.320 e. The Kier molecular flexibility index (Phi) is 43.7. The molecule has 6 N–H and O–H groups in total. The maximum atomic E-state index is 13.3. The third-order valence-corrected chi connectivity index (χ3v) is 11.5. The first-order chi connectivity index (χ1) is 33.0. The molecule has 0 aromatic rings. The predicted octanol–water partition coefficient (Wildman–Crippen LogP) is 9.55. The van der Waals surface area contributed by atoms with Crippen LogP contribution in [0.2, 0.25) is 0 Å². The Bertz CT molecular complexity index is 1640. The monoisotopic (exact) mass is 949 g/mol. The quantitative estimate of drug-likeness (QED) is 0.0253. The lowest BCUT2D eigenvalue weighted by atomic mass is 10.1. The average Bonchev–Trinajstić information content (AvgIpc) is 3.29. The van der Waals surface area contributed by atoms with E-state index < -0.39 is 49.0 Å². The molecule has 0 saturated carbocycles. The van der Waals surface area contributed by atoms with E-state index in [4.69, 9.17) is 10.2 Å². The predicted molar refractivity (Wildman–Crippen MR) is 271 cm³/mol. The Morgan fingerprint density at radius 2 is 0.838 bits per heavy atom. The van der Waals surface area contributed by atoms with Gasteiger partial charge >= 0.3 is 17.9 Å². The molecule has 0 bridgehead atoms. The number of aliphatic carboxylic acids is 3. The van der Waals surface area contributed by atoms with Crippen molar-refractivity contribution >= 4 is 35.6 Å². The highest BCUT2D eigenvalue weighted by Crippen LogP contribution is 2.12. The van der Waals surface area contributed by atoms with Crippen molar-refractivity contribution in [3.05, 3.63) is 0 Å². The molecule has 3 amide bonds. The molecule has 0 aliphatic rings. The molecule has 0 radical (unpaired) electrons. The van der Waals surface area contributed by atoms with Gasteiger partial charge in [-0.05, 0) is 81.5 Å². The lowest BCUT2D eigenvalue weighted by Gasteiger charge is -2.25. The maximum Gasteiger partial charge on any atom is 0.320 e. The van der Waals surface area contributed by atoms with Gasteiger partial charge in [-0.1, -0.05) is 153 Å². The zero-order valence-corrected chi connectivity index (χ0v) is 42.1. The SMILES string of the molecule is CCCCCCCCCCC#CC#CCCCCCCC(=O)NCC(NC(=O)CCCCCCC#CC#CCCCCCCCCCC)C(=O)NCCCC[C@@H](C(=O)O)N(CC(=O)O)CC(=O)O. The first-order valence-corrected chi connectivity index (χ1v) is 26.2. The van der Waals surface area contributed by atoms with E-state index in [0.717, 1.165) is 81.9 Å². The minimum absolute atomic E-state index is 0.0381. The lowest BCUT2D eigenvalue weighted by molar-refractivity contribution is -0.149. The molecule has 0 spiro atoms. The molecular formula is C55H88N4O9. The second-order valence-electron chi connectivity index (χ2n) is 17.7. The summed E-state index contributed by atoms with van der Waals surface area (Å²) in [6.45, 7) is 2.99.